The van der Waals surface area contributed by atoms with E-state index in [-0.39, 0.29) is 22.6 Å². The van der Waals surface area contributed by atoms with Crippen LogP contribution in [-0.4, -0.2) is 27.8 Å². The van der Waals surface area contributed by atoms with Crippen LogP contribution in [0.2, 0.25) is 0 Å². The Morgan fingerprint density at radius 1 is 1.03 bits per heavy atom. The number of fused-ring (bicyclic) bond motifs is 3. The third-order valence-electron chi connectivity index (χ3n) is 5.53. The van der Waals surface area contributed by atoms with Crippen molar-refractivity contribution in [1.82, 2.24) is 0 Å². The third-order valence-corrected chi connectivity index (χ3v) is 6.64. The summed E-state index contributed by atoms with van der Waals surface area (Å²) in [5.41, 5.74) is 7.50. The predicted molar refractivity (Wildman–Crippen MR) is 110 cm³/mol. The molecule has 3 aromatic rings. The quantitative estimate of drug-likeness (QED) is 0.610. The first-order chi connectivity index (χ1) is 14.5. The monoisotopic (exact) mass is 451 g/mol. The molecular formula is C22H20F3NO4S. The lowest BCUT2D eigenvalue weighted by Crippen LogP contribution is -2.38. The zero-order valence-electron chi connectivity index (χ0n) is 17.0. The van der Waals surface area contributed by atoms with Gasteiger partial charge in [0.05, 0.1) is 13.2 Å². The Hall–Kier alpha value is -2.78. The molecule has 0 unspecified atom stereocenters. The number of methoxy groups -OCH3 is 1. The normalized spacial score (nSPS) is 18.5. The lowest BCUT2D eigenvalue weighted by atomic mass is 9.88. The summed E-state index contributed by atoms with van der Waals surface area (Å²) >= 11 is 0. The van der Waals surface area contributed by atoms with E-state index in [1.807, 2.05) is 0 Å². The van der Waals surface area contributed by atoms with Crippen molar-refractivity contribution in [3.05, 3.63) is 64.5 Å². The Morgan fingerprint density at radius 3 is 2.35 bits per heavy atom. The van der Waals surface area contributed by atoms with Gasteiger partial charge in [-0.2, -0.15) is 0 Å². The highest BCUT2D eigenvalue weighted by molar-refractivity contribution is 7.90. The minimum atomic E-state index is -3.53. The van der Waals surface area contributed by atoms with Crippen molar-refractivity contribution in [2.45, 2.75) is 30.4 Å². The molecule has 0 spiro atoms. The van der Waals surface area contributed by atoms with Crippen LogP contribution in [0.4, 0.5) is 13.2 Å². The van der Waals surface area contributed by atoms with Gasteiger partial charge in [-0.3, -0.25) is 0 Å². The zero-order valence-corrected chi connectivity index (χ0v) is 17.8. The first kappa shape index (κ1) is 21.5. The molecule has 1 aliphatic rings. The topological polar surface area (TPSA) is 78.6 Å². The van der Waals surface area contributed by atoms with E-state index in [9.17, 15) is 21.6 Å². The van der Waals surface area contributed by atoms with Crippen LogP contribution in [0.3, 0.4) is 0 Å². The first-order valence-corrected chi connectivity index (χ1v) is 11.3. The van der Waals surface area contributed by atoms with Crippen molar-refractivity contribution in [2.24, 2.45) is 5.73 Å². The zero-order chi connectivity index (χ0) is 22.7. The van der Waals surface area contributed by atoms with Crippen molar-refractivity contribution in [1.29, 1.82) is 0 Å². The molecule has 31 heavy (non-hydrogen) atoms. The molecule has 0 bridgehead atoms. The summed E-state index contributed by atoms with van der Waals surface area (Å²) in [7, 11) is -2.15. The van der Waals surface area contributed by atoms with Crippen molar-refractivity contribution >= 4 is 20.6 Å². The van der Waals surface area contributed by atoms with Crippen LogP contribution in [0.1, 0.15) is 22.8 Å². The molecule has 0 saturated carbocycles. The average molecular weight is 451 g/mol. The molecule has 1 aliphatic heterocycles. The van der Waals surface area contributed by atoms with Crippen LogP contribution in [-0.2, 0) is 16.3 Å². The molecule has 0 fully saturated rings. The summed E-state index contributed by atoms with van der Waals surface area (Å²) in [5, 5.41) is 1.38. The molecule has 0 aliphatic carbocycles. The van der Waals surface area contributed by atoms with Crippen molar-refractivity contribution in [2.75, 3.05) is 13.4 Å². The summed E-state index contributed by atoms with van der Waals surface area (Å²) in [5.74, 6) is -2.83. The van der Waals surface area contributed by atoms with Gasteiger partial charge in [0.25, 0.3) is 0 Å². The molecular weight excluding hydrogens is 431 g/mol. The van der Waals surface area contributed by atoms with Gasteiger partial charge in [0.1, 0.15) is 28.3 Å². The smallest absolute Gasteiger partial charge is 0.179 e. The Morgan fingerprint density at radius 2 is 1.71 bits per heavy atom. The Labute approximate surface area is 177 Å². The van der Waals surface area contributed by atoms with Gasteiger partial charge in [0, 0.05) is 23.4 Å². The van der Waals surface area contributed by atoms with Gasteiger partial charge < -0.3 is 15.2 Å². The van der Waals surface area contributed by atoms with Gasteiger partial charge >= 0.3 is 0 Å². The molecule has 0 amide bonds. The molecule has 0 radical (unpaired) electrons. The number of aryl methyl sites for hydroxylation is 1. The molecule has 1 heterocycles. The molecule has 3 aromatic carbocycles. The standard InChI is InChI=1S/C22H20F3NO4S/c1-10-4-19-13(12-7-20(29-2)21(8-11(10)12)31(3,27)28)6-18(26)22(30-19)14-5-16(24)17(25)9-15(14)23/h4-5,7-9,18,22H,6,26H2,1-3H3/t18-,22+/m0/s1. The van der Waals surface area contributed by atoms with Crippen LogP contribution < -0.4 is 15.2 Å². The predicted octanol–water partition coefficient (Wildman–Crippen LogP) is 3.98. The first-order valence-electron chi connectivity index (χ1n) is 9.42. The summed E-state index contributed by atoms with van der Waals surface area (Å²) in [6, 6.07) is 5.35. The summed E-state index contributed by atoms with van der Waals surface area (Å²) in [6.07, 6.45) is 0.331. The second kappa shape index (κ2) is 7.42. The number of hydrogen-bond acceptors (Lipinski definition) is 5. The van der Waals surface area contributed by atoms with Crippen LogP contribution in [0.5, 0.6) is 11.5 Å². The van der Waals surface area contributed by atoms with Gasteiger partial charge in [-0.1, -0.05) is 0 Å². The molecule has 9 heteroatoms. The van der Waals surface area contributed by atoms with E-state index in [0.717, 1.165) is 17.9 Å². The highest BCUT2D eigenvalue weighted by Crippen LogP contribution is 2.43. The summed E-state index contributed by atoms with van der Waals surface area (Å²) in [4.78, 5) is 0.0633. The summed E-state index contributed by atoms with van der Waals surface area (Å²) in [6.45, 7) is 1.78. The average Bonchev–Trinajstić information content (AvgIpc) is 2.69. The largest absolute Gasteiger partial charge is 0.495 e. The number of hydrogen-bond donors (Lipinski definition) is 1. The Bertz CT molecular complexity index is 1320. The second-order valence-electron chi connectivity index (χ2n) is 7.69. The second-order valence-corrected chi connectivity index (χ2v) is 9.67. The maximum atomic E-state index is 14.3. The van der Waals surface area contributed by atoms with E-state index in [0.29, 0.717) is 28.2 Å². The number of ether oxygens (including phenoxy) is 2. The number of halogens is 3. The van der Waals surface area contributed by atoms with E-state index < -0.39 is 39.4 Å². The van der Waals surface area contributed by atoms with E-state index in [4.69, 9.17) is 15.2 Å². The van der Waals surface area contributed by atoms with Crippen LogP contribution in [0, 0.1) is 24.4 Å². The minimum absolute atomic E-state index is 0.0633. The lowest BCUT2D eigenvalue weighted by molar-refractivity contribution is 0.149. The molecule has 0 saturated heterocycles. The molecule has 2 atom stereocenters. The van der Waals surface area contributed by atoms with E-state index in [1.165, 1.54) is 7.11 Å². The van der Waals surface area contributed by atoms with Crippen LogP contribution in [0.15, 0.2) is 35.2 Å². The fourth-order valence-electron chi connectivity index (χ4n) is 4.01. The number of nitrogens with two attached hydrogens (primary N) is 1. The van der Waals surface area contributed by atoms with Crippen LogP contribution in [0.25, 0.3) is 10.8 Å². The highest BCUT2D eigenvalue weighted by Gasteiger charge is 2.33. The van der Waals surface area contributed by atoms with Crippen molar-refractivity contribution < 1.29 is 31.1 Å². The number of rotatable bonds is 3. The third kappa shape index (κ3) is 3.61. The van der Waals surface area contributed by atoms with Gasteiger partial charge in [-0.05, 0) is 53.9 Å². The van der Waals surface area contributed by atoms with Gasteiger partial charge in [0.2, 0.25) is 0 Å². The number of sulfone groups is 1. The van der Waals surface area contributed by atoms with E-state index >= 15 is 0 Å². The van der Waals surface area contributed by atoms with Gasteiger partial charge in [-0.15, -0.1) is 0 Å². The summed E-state index contributed by atoms with van der Waals surface area (Å²) < 4.78 is 77.0. The Kier molecular flexibility index (Phi) is 5.13. The fraction of sp³-hybridized carbons (Fsp3) is 0.273. The maximum Gasteiger partial charge on any atom is 0.179 e. The van der Waals surface area contributed by atoms with Crippen molar-refractivity contribution in [3.8, 4) is 11.5 Å². The van der Waals surface area contributed by atoms with Gasteiger partial charge in [0.15, 0.2) is 21.5 Å². The Balaban J connectivity index is 1.89. The molecule has 164 valence electrons. The van der Waals surface area contributed by atoms with Crippen LogP contribution >= 0.6 is 0 Å². The fourth-order valence-corrected chi connectivity index (χ4v) is 4.85. The molecule has 4 rings (SSSR count). The minimum Gasteiger partial charge on any atom is -0.495 e. The van der Waals surface area contributed by atoms with E-state index in [1.54, 1.807) is 25.1 Å². The maximum absolute atomic E-state index is 14.3. The molecule has 2 N–H and O–H groups in total. The van der Waals surface area contributed by atoms with E-state index in [2.05, 4.69) is 0 Å². The molecule has 5 nitrogen and oxygen atoms in total. The molecule has 0 aromatic heterocycles. The number of benzene rings is 3. The van der Waals surface area contributed by atoms with Crippen molar-refractivity contribution in [3.63, 3.8) is 0 Å². The lowest BCUT2D eigenvalue weighted by Gasteiger charge is -2.33. The highest BCUT2D eigenvalue weighted by atomic mass is 32.2. The van der Waals surface area contributed by atoms with Gasteiger partial charge in [-0.25, -0.2) is 21.6 Å². The SMILES string of the molecule is COc1cc2c3c(cc(C)c2cc1S(C)(=O)=O)O[C@H](c1cc(F)c(F)cc1F)[C@@H](N)C3.